The van der Waals surface area contributed by atoms with E-state index >= 15 is 0 Å². The van der Waals surface area contributed by atoms with Gasteiger partial charge in [0, 0.05) is 0 Å². The van der Waals surface area contributed by atoms with Gasteiger partial charge in [0.15, 0.2) is 0 Å². The van der Waals surface area contributed by atoms with Gasteiger partial charge in [0.25, 0.3) is 0 Å². The zero-order chi connectivity index (χ0) is 14.8. The normalized spacial score (nSPS) is 11.2. The highest BCUT2D eigenvalue weighted by atomic mass is 32.2. The number of hydrogen-bond donors (Lipinski definition) is 1. The predicted molar refractivity (Wildman–Crippen MR) is 80.7 cm³/mol. The van der Waals surface area contributed by atoms with E-state index in [1.54, 1.807) is 6.08 Å². The number of carbonyl (C=O) groups excluding carboxylic acids is 1. The van der Waals surface area contributed by atoms with Crippen LogP contribution in [0.2, 0.25) is 0 Å². The van der Waals surface area contributed by atoms with Crippen LogP contribution in [0.3, 0.4) is 0 Å². The van der Waals surface area contributed by atoms with Crippen LogP contribution in [-0.2, 0) is 21.2 Å². The molecular weight excluding hydrogens is 274 g/mol. The number of amides is 1. The fraction of sp³-hybridized carbons (Fsp3) is 0.133. The molecule has 1 N–H and O–H groups in total. The molecule has 20 heavy (non-hydrogen) atoms. The molecule has 5 heteroatoms. The average molecular weight is 289 g/mol. The third-order valence-electron chi connectivity index (χ3n) is 2.84. The van der Waals surface area contributed by atoms with Gasteiger partial charge in [-0.25, -0.2) is 8.42 Å². The second-order valence-electron chi connectivity index (χ2n) is 4.58. The maximum atomic E-state index is 11.6. The summed E-state index contributed by atoms with van der Waals surface area (Å²) in [7, 11) is -3.52. The molecule has 0 unspecified atom stereocenters. The summed E-state index contributed by atoms with van der Waals surface area (Å²) in [5.41, 5.74) is 1.67. The lowest BCUT2D eigenvalue weighted by atomic mass is 9.99. The van der Waals surface area contributed by atoms with E-state index in [2.05, 4.69) is 6.58 Å². The van der Waals surface area contributed by atoms with Gasteiger partial charge < -0.3 is 0 Å². The molecule has 4 nitrogen and oxygen atoms in total. The Morgan fingerprint density at radius 3 is 2.65 bits per heavy atom. The zero-order valence-electron chi connectivity index (χ0n) is 11.1. The van der Waals surface area contributed by atoms with Crippen LogP contribution in [-0.4, -0.2) is 20.6 Å². The number of nitrogens with one attached hydrogen (secondary N) is 1. The van der Waals surface area contributed by atoms with E-state index in [0.717, 1.165) is 28.2 Å². The minimum atomic E-state index is -3.52. The summed E-state index contributed by atoms with van der Waals surface area (Å²) in [6.45, 7) is 3.76. The molecule has 2 aromatic carbocycles. The van der Waals surface area contributed by atoms with Gasteiger partial charge in [0.1, 0.15) is 0 Å². The largest absolute Gasteiger partial charge is 0.274 e. The first kappa shape index (κ1) is 14.3. The minimum Gasteiger partial charge on any atom is -0.274 e. The Labute approximate surface area is 118 Å². The Morgan fingerprint density at radius 2 is 2.00 bits per heavy atom. The van der Waals surface area contributed by atoms with Gasteiger partial charge in [-0.3, -0.25) is 9.52 Å². The molecule has 0 atom stereocenters. The lowest BCUT2D eigenvalue weighted by Gasteiger charge is -2.08. The molecule has 0 aromatic heterocycles. The molecule has 0 radical (unpaired) electrons. The van der Waals surface area contributed by atoms with Crippen molar-refractivity contribution in [1.29, 1.82) is 0 Å². The van der Waals surface area contributed by atoms with Crippen LogP contribution in [0, 0.1) is 0 Å². The molecule has 0 saturated heterocycles. The van der Waals surface area contributed by atoms with Gasteiger partial charge >= 0.3 is 0 Å². The maximum Gasteiger partial charge on any atom is 0.237 e. The summed E-state index contributed by atoms with van der Waals surface area (Å²) >= 11 is 0. The van der Waals surface area contributed by atoms with Crippen molar-refractivity contribution in [3.8, 4) is 0 Å². The van der Waals surface area contributed by atoms with Crippen LogP contribution in [0.1, 0.15) is 11.1 Å². The van der Waals surface area contributed by atoms with Crippen LogP contribution < -0.4 is 4.72 Å². The Kier molecular flexibility index (Phi) is 3.90. The van der Waals surface area contributed by atoms with Gasteiger partial charge in [0.2, 0.25) is 15.9 Å². The molecule has 0 aliphatic heterocycles. The van der Waals surface area contributed by atoms with Crippen LogP contribution in [0.15, 0.2) is 43.0 Å². The SMILES string of the molecule is C=Cc1cc(CC(=O)NS(C)(=O)=O)cc2ccccc12. The molecular formula is C15H15NO3S. The highest BCUT2D eigenvalue weighted by Crippen LogP contribution is 2.22. The predicted octanol–water partition coefficient (Wildman–Crippen LogP) is 2.10. The van der Waals surface area contributed by atoms with Crippen molar-refractivity contribution in [2.75, 3.05) is 6.26 Å². The lowest BCUT2D eigenvalue weighted by Crippen LogP contribution is -2.30. The lowest BCUT2D eigenvalue weighted by molar-refractivity contribution is -0.118. The average Bonchev–Trinajstić information content (AvgIpc) is 2.35. The Morgan fingerprint density at radius 1 is 1.30 bits per heavy atom. The molecule has 0 saturated carbocycles. The van der Waals surface area contributed by atoms with E-state index in [-0.39, 0.29) is 6.42 Å². The standard InChI is InChI=1S/C15H15NO3S/c1-3-12-8-11(10-15(17)16-20(2,18)19)9-13-6-4-5-7-14(12)13/h3-9H,1,10H2,2H3,(H,16,17). The summed E-state index contributed by atoms with van der Waals surface area (Å²) in [4.78, 5) is 11.6. The van der Waals surface area contributed by atoms with E-state index in [1.165, 1.54) is 0 Å². The highest BCUT2D eigenvalue weighted by molar-refractivity contribution is 7.89. The van der Waals surface area contributed by atoms with Crippen molar-refractivity contribution in [1.82, 2.24) is 4.72 Å². The first-order chi connectivity index (χ1) is 9.39. The van der Waals surface area contributed by atoms with E-state index in [1.807, 2.05) is 41.1 Å². The fourth-order valence-corrected chi connectivity index (χ4v) is 2.59. The van der Waals surface area contributed by atoms with Gasteiger partial charge in [-0.05, 0) is 21.9 Å². The second kappa shape index (κ2) is 5.46. The van der Waals surface area contributed by atoms with Gasteiger partial charge in [-0.15, -0.1) is 0 Å². The monoisotopic (exact) mass is 289 g/mol. The van der Waals surface area contributed by atoms with Crippen LogP contribution >= 0.6 is 0 Å². The summed E-state index contributed by atoms with van der Waals surface area (Å²) < 4.78 is 24.0. The molecule has 0 spiro atoms. The summed E-state index contributed by atoms with van der Waals surface area (Å²) in [5, 5.41) is 2.04. The van der Waals surface area contributed by atoms with E-state index in [4.69, 9.17) is 0 Å². The molecule has 1 amide bonds. The highest BCUT2D eigenvalue weighted by Gasteiger charge is 2.10. The first-order valence-corrected chi connectivity index (χ1v) is 7.93. The molecule has 0 fully saturated rings. The number of benzene rings is 2. The van der Waals surface area contributed by atoms with E-state index in [9.17, 15) is 13.2 Å². The molecule has 2 aromatic rings. The molecule has 0 heterocycles. The number of sulfonamides is 1. The molecule has 0 aliphatic carbocycles. The third-order valence-corrected chi connectivity index (χ3v) is 3.44. The molecule has 104 valence electrons. The van der Waals surface area contributed by atoms with Gasteiger partial charge in [-0.1, -0.05) is 49.1 Å². The third kappa shape index (κ3) is 3.45. The number of carbonyl (C=O) groups is 1. The molecule has 2 rings (SSSR count). The smallest absolute Gasteiger partial charge is 0.237 e. The van der Waals surface area contributed by atoms with E-state index in [0.29, 0.717) is 0 Å². The number of fused-ring (bicyclic) bond motifs is 1. The minimum absolute atomic E-state index is 0.0126. The number of rotatable bonds is 4. The van der Waals surface area contributed by atoms with E-state index < -0.39 is 15.9 Å². The maximum absolute atomic E-state index is 11.6. The second-order valence-corrected chi connectivity index (χ2v) is 6.33. The quantitative estimate of drug-likeness (QED) is 0.937. The summed E-state index contributed by atoms with van der Waals surface area (Å²) in [6.07, 6.45) is 2.69. The fourth-order valence-electron chi connectivity index (χ4n) is 2.10. The number of hydrogen-bond acceptors (Lipinski definition) is 3. The van der Waals surface area contributed by atoms with Crippen molar-refractivity contribution in [3.05, 3.63) is 54.1 Å². The first-order valence-electron chi connectivity index (χ1n) is 6.04. The summed E-state index contributed by atoms with van der Waals surface area (Å²) in [6, 6.07) is 11.5. The molecule has 0 aliphatic rings. The molecule has 0 bridgehead atoms. The van der Waals surface area contributed by atoms with Crippen molar-refractivity contribution < 1.29 is 13.2 Å². The Hall–Kier alpha value is -2.14. The van der Waals surface area contributed by atoms with Crippen LogP contribution in [0.25, 0.3) is 16.8 Å². The van der Waals surface area contributed by atoms with Crippen molar-refractivity contribution in [2.24, 2.45) is 0 Å². The summed E-state index contributed by atoms with van der Waals surface area (Å²) in [5.74, 6) is -0.544. The van der Waals surface area contributed by atoms with Gasteiger partial charge in [-0.2, -0.15) is 0 Å². The van der Waals surface area contributed by atoms with Crippen molar-refractivity contribution >= 4 is 32.8 Å². The van der Waals surface area contributed by atoms with Crippen LogP contribution in [0.4, 0.5) is 0 Å². The van der Waals surface area contributed by atoms with Gasteiger partial charge in [0.05, 0.1) is 12.7 Å². The zero-order valence-corrected chi connectivity index (χ0v) is 11.9. The topological polar surface area (TPSA) is 63.2 Å². The van der Waals surface area contributed by atoms with Crippen molar-refractivity contribution in [2.45, 2.75) is 6.42 Å². The Balaban J connectivity index is 2.36. The van der Waals surface area contributed by atoms with Crippen LogP contribution in [0.5, 0.6) is 0 Å². The Bertz CT molecular complexity index is 779. The van der Waals surface area contributed by atoms with Crippen molar-refractivity contribution in [3.63, 3.8) is 0 Å².